The van der Waals surface area contributed by atoms with Gasteiger partial charge in [-0.05, 0) is 0 Å². The summed E-state index contributed by atoms with van der Waals surface area (Å²) in [6.07, 6.45) is 10.4. The Morgan fingerprint density at radius 1 is 0.857 bits per heavy atom. The van der Waals surface area contributed by atoms with Crippen molar-refractivity contribution >= 4 is 42.9 Å². The molecule has 0 aliphatic rings. The number of unbranched alkanes of at least 4 members (excludes halogenated alkanes) is 3. The molecule has 5 nitrogen and oxygen atoms in total. The summed E-state index contributed by atoms with van der Waals surface area (Å²) in [4.78, 5) is 17.7. The van der Waals surface area contributed by atoms with Gasteiger partial charge in [0, 0.05) is 0 Å². The third-order valence-corrected chi connectivity index (χ3v) is 9.39. The van der Waals surface area contributed by atoms with Crippen LogP contribution in [0.4, 0.5) is 0 Å². The van der Waals surface area contributed by atoms with Gasteiger partial charge in [-0.3, -0.25) is 0 Å². The van der Waals surface area contributed by atoms with Crippen molar-refractivity contribution in [3.63, 3.8) is 0 Å². The van der Waals surface area contributed by atoms with Gasteiger partial charge in [-0.15, -0.1) is 0 Å². The fourth-order valence-electron chi connectivity index (χ4n) is 5.84. The summed E-state index contributed by atoms with van der Waals surface area (Å²) >= 11 is 1.35. The minimum Gasteiger partial charge on any atom is -0.344 e. The first kappa shape index (κ1) is 33.3. The number of nitriles is 1. The number of hydrogen-bond acceptors (Lipinski definition) is 4. The average Bonchev–Trinajstić information content (AvgIpc) is 2.98. The molecule has 0 fully saturated rings. The van der Waals surface area contributed by atoms with E-state index in [1.54, 1.807) is 12.1 Å². The third kappa shape index (κ3) is 7.22. The number of fused-ring (bicyclic) bond motifs is 1. The third-order valence-electron chi connectivity index (χ3n) is 8.00. The molecule has 0 unspecified atom stereocenters. The number of pyridine rings is 1. The van der Waals surface area contributed by atoms with Crippen LogP contribution in [0.5, 0.6) is 0 Å². The first-order valence-electron chi connectivity index (χ1n) is 15.0. The van der Waals surface area contributed by atoms with Crippen LogP contribution in [0.2, 0.25) is 0 Å². The zero-order valence-corrected chi connectivity index (χ0v) is 28.2. The molecule has 3 radical (unpaired) electrons. The van der Waals surface area contributed by atoms with Gasteiger partial charge >= 0.3 is 260 Å². The molecule has 0 aliphatic carbocycles. The molecule has 0 atom stereocenters. The van der Waals surface area contributed by atoms with E-state index < -0.39 is 5.91 Å². The maximum atomic E-state index is 12.5. The predicted octanol–water partition coefficient (Wildman–Crippen LogP) is 7.45. The number of rotatable bonds is 13. The van der Waals surface area contributed by atoms with Crippen LogP contribution < -0.4 is 15.5 Å². The van der Waals surface area contributed by atoms with Crippen LogP contribution in [0, 0.1) is 11.3 Å². The Morgan fingerprint density at radius 2 is 1.48 bits per heavy atom. The summed E-state index contributed by atoms with van der Waals surface area (Å²) in [5, 5.41) is 11.9. The largest absolute Gasteiger partial charge is 0.344 e. The zero-order chi connectivity index (χ0) is 29.4. The molecule has 1 amide bonds. The summed E-state index contributed by atoms with van der Waals surface area (Å²) in [5.74, 6) is -0.516. The van der Waals surface area contributed by atoms with Crippen LogP contribution >= 0.6 is 0 Å². The van der Waals surface area contributed by atoms with Crippen LogP contribution in [-0.2, 0) is 25.7 Å². The quantitative estimate of drug-likeness (QED) is 0.144. The van der Waals surface area contributed by atoms with Gasteiger partial charge in [0.1, 0.15) is 0 Å². The number of carbonyl (C=O) groups is 1. The van der Waals surface area contributed by atoms with E-state index in [-0.39, 0.29) is 6.15 Å². The summed E-state index contributed by atoms with van der Waals surface area (Å²) in [7, 11) is 0. The monoisotopic (exact) mass is 667 g/mol. The van der Waals surface area contributed by atoms with E-state index in [2.05, 4.69) is 57.2 Å². The molecule has 217 valence electrons. The Balaban J connectivity index is 0.00000484. The molecule has 0 saturated carbocycles. The predicted molar refractivity (Wildman–Crippen MR) is 176 cm³/mol. The molecule has 5 N–H and O–H groups in total. The first-order valence-corrected chi connectivity index (χ1v) is 16.5. The number of benzene rings is 3. The van der Waals surface area contributed by atoms with E-state index in [1.165, 1.54) is 48.4 Å². The molecule has 0 bridgehead atoms. The van der Waals surface area contributed by atoms with Crippen molar-refractivity contribution in [2.45, 2.75) is 85.0 Å². The number of nitrogens with two attached hydrogens (primary N) is 1. The summed E-state index contributed by atoms with van der Waals surface area (Å²) in [6.45, 7) is 6.73. The van der Waals surface area contributed by atoms with E-state index in [1.807, 2.05) is 12.1 Å². The van der Waals surface area contributed by atoms with E-state index in [4.69, 9.17) is 10.7 Å². The summed E-state index contributed by atoms with van der Waals surface area (Å²) < 4.78 is 1.29. The Hall–Kier alpha value is -3.21. The van der Waals surface area contributed by atoms with Crippen molar-refractivity contribution in [1.29, 1.82) is 5.26 Å². The first-order chi connectivity index (χ1) is 19.9. The van der Waals surface area contributed by atoms with Gasteiger partial charge in [0.05, 0.1) is 0 Å². The molecule has 4 rings (SSSR count). The molecule has 3 aromatic carbocycles. The molecular formula is C36H43N4OSn. The van der Waals surface area contributed by atoms with Crippen LogP contribution in [0.3, 0.4) is 0 Å². The number of carbonyl (C=O) groups excluding carboxylic acids is 1. The Bertz CT molecular complexity index is 1590. The molecule has 0 aliphatic heterocycles. The van der Waals surface area contributed by atoms with Gasteiger partial charge in [0.15, 0.2) is 0 Å². The summed E-state index contributed by atoms with van der Waals surface area (Å²) in [5.41, 5.74) is 15.3. The second kappa shape index (κ2) is 15.9. The van der Waals surface area contributed by atoms with Crippen LogP contribution in [0.15, 0.2) is 54.6 Å². The molecular weight excluding hydrogens is 623 g/mol. The van der Waals surface area contributed by atoms with Crippen molar-refractivity contribution in [2.24, 2.45) is 5.73 Å². The Morgan fingerprint density at radius 3 is 2.12 bits per heavy atom. The number of primary amides is 1. The van der Waals surface area contributed by atoms with Gasteiger partial charge < -0.3 is 6.15 Å². The summed E-state index contributed by atoms with van der Waals surface area (Å²) in [6, 6.07) is 20.6. The minimum atomic E-state index is -0.516. The second-order valence-corrected chi connectivity index (χ2v) is 12.4. The Labute approximate surface area is 264 Å². The second-order valence-electron chi connectivity index (χ2n) is 10.9. The molecule has 1 aromatic heterocycles. The molecule has 0 spiro atoms. The Kier molecular flexibility index (Phi) is 12.6. The average molecular weight is 666 g/mol. The molecule has 1 heterocycles. The molecule has 0 saturated heterocycles. The van der Waals surface area contributed by atoms with Crippen LogP contribution in [0.25, 0.3) is 22.2 Å². The van der Waals surface area contributed by atoms with Crippen molar-refractivity contribution in [3.05, 3.63) is 93.5 Å². The van der Waals surface area contributed by atoms with E-state index in [9.17, 15) is 10.1 Å². The van der Waals surface area contributed by atoms with Crippen molar-refractivity contribution < 1.29 is 4.79 Å². The molecule has 42 heavy (non-hydrogen) atoms. The van der Waals surface area contributed by atoms with Gasteiger partial charge in [0.2, 0.25) is 0 Å². The molecule has 6 heteroatoms. The van der Waals surface area contributed by atoms with Crippen LogP contribution in [-0.4, -0.2) is 33.4 Å². The minimum absolute atomic E-state index is 0. The number of hydrogen-bond donors (Lipinski definition) is 2. The SMILES string of the molecule is CCCCc1cc2nc(-c3ccccc3C(N)=O)c(C#N)c(Cc3cccc[c]3[Sn])c2c(CCCC)c1CCCC.N. The normalized spacial score (nSPS) is 10.8. The fraction of sp³-hybridized carbons (Fsp3) is 0.361. The zero-order valence-electron chi connectivity index (χ0n) is 25.4. The van der Waals surface area contributed by atoms with Gasteiger partial charge in [0.25, 0.3) is 0 Å². The van der Waals surface area contributed by atoms with Crippen molar-refractivity contribution in [2.75, 3.05) is 0 Å². The smallest absolute Gasteiger partial charge is 0.344 e. The number of aryl methyl sites for hydroxylation is 2. The van der Waals surface area contributed by atoms with E-state index in [0.717, 1.165) is 74.3 Å². The van der Waals surface area contributed by atoms with Gasteiger partial charge in [-0.2, -0.15) is 0 Å². The number of aromatic nitrogens is 1. The van der Waals surface area contributed by atoms with Gasteiger partial charge in [-0.1, -0.05) is 0 Å². The van der Waals surface area contributed by atoms with E-state index in [0.29, 0.717) is 28.8 Å². The van der Waals surface area contributed by atoms with Crippen molar-refractivity contribution in [3.8, 4) is 17.3 Å². The standard InChI is InChI=1S/C36H40N3O.H3N.Sn/c1-4-7-17-26-23-33-34(28(19-9-6-3)27(26)18-8-5-2)31(22-25-15-11-10-12-16-25)32(24-37)35(39-33)29-20-13-14-21-30(29)36(38)40;;/h10-15,20-21,23H,4-9,17-19,22H2,1-3H3,(H2,38,40);1H3;. The fourth-order valence-corrected chi connectivity index (χ4v) is 6.60. The topological polar surface area (TPSA) is 115 Å². The molecule has 4 aromatic rings. The maximum Gasteiger partial charge on any atom is -0.344 e. The van der Waals surface area contributed by atoms with Crippen molar-refractivity contribution in [1.82, 2.24) is 11.1 Å². The number of nitrogens with zero attached hydrogens (tertiary/aromatic N) is 2. The van der Waals surface area contributed by atoms with Crippen LogP contribution in [0.1, 0.15) is 103 Å². The number of amides is 1. The maximum absolute atomic E-state index is 12.5. The van der Waals surface area contributed by atoms with E-state index >= 15 is 0 Å². The van der Waals surface area contributed by atoms with Gasteiger partial charge in [-0.25, -0.2) is 0 Å².